The summed E-state index contributed by atoms with van der Waals surface area (Å²) in [4.78, 5) is 47.2. The molecule has 29 heavy (non-hydrogen) atoms. The third-order valence-corrected chi connectivity index (χ3v) is 5.08. The molecule has 0 aromatic carbocycles. The fourth-order valence-corrected chi connectivity index (χ4v) is 3.71. The van der Waals surface area contributed by atoms with Crippen LogP contribution < -0.4 is 5.48 Å². The van der Waals surface area contributed by atoms with Crippen LogP contribution in [0.5, 0.6) is 0 Å². The number of hydroxylamine groups is 1. The van der Waals surface area contributed by atoms with Crippen molar-refractivity contribution in [2.24, 2.45) is 17.8 Å². The molecule has 2 heterocycles. The maximum absolute atomic E-state index is 13.2. The van der Waals surface area contributed by atoms with Crippen LogP contribution in [-0.4, -0.2) is 65.6 Å². The lowest BCUT2D eigenvalue weighted by Crippen LogP contribution is -2.72. The molecule has 3 atom stereocenters. The van der Waals surface area contributed by atoms with E-state index in [9.17, 15) is 14.4 Å². The molecule has 2 aliphatic heterocycles. The summed E-state index contributed by atoms with van der Waals surface area (Å²) in [5, 5.41) is 0. The summed E-state index contributed by atoms with van der Waals surface area (Å²) in [7, 11) is 0. The average molecular weight is 412 g/mol. The van der Waals surface area contributed by atoms with Gasteiger partial charge in [0.15, 0.2) is 6.10 Å². The average Bonchev–Trinajstić information content (AvgIpc) is 2.62. The number of hydrogen-bond donors (Lipinski definition) is 1. The van der Waals surface area contributed by atoms with Crippen LogP contribution in [0.15, 0.2) is 0 Å². The Hall–Kier alpha value is -1.67. The van der Waals surface area contributed by atoms with Crippen molar-refractivity contribution < 1.29 is 24.0 Å². The molecule has 0 aromatic heterocycles. The van der Waals surface area contributed by atoms with Gasteiger partial charge in [0.25, 0.3) is 5.91 Å². The minimum Gasteiger partial charge on any atom is -0.465 e. The highest BCUT2D eigenvalue weighted by molar-refractivity contribution is 5.91. The highest BCUT2D eigenvalue weighted by Gasteiger charge is 2.48. The Morgan fingerprint density at radius 1 is 1.07 bits per heavy atom. The van der Waals surface area contributed by atoms with Gasteiger partial charge in [-0.1, -0.05) is 41.5 Å². The van der Waals surface area contributed by atoms with Gasteiger partial charge in [0.05, 0.1) is 19.6 Å². The van der Waals surface area contributed by atoms with Crippen molar-refractivity contribution in [1.29, 1.82) is 0 Å². The number of esters is 1. The van der Waals surface area contributed by atoms with Gasteiger partial charge in [0.2, 0.25) is 5.91 Å². The molecule has 0 bridgehead atoms. The number of carbonyl (C=O) groups excluding carboxylic acids is 3. The summed E-state index contributed by atoms with van der Waals surface area (Å²) in [6, 6.07) is -0.543. The first-order chi connectivity index (χ1) is 13.6. The largest absolute Gasteiger partial charge is 0.465 e. The van der Waals surface area contributed by atoms with Crippen molar-refractivity contribution in [3.05, 3.63) is 0 Å². The van der Waals surface area contributed by atoms with Crippen LogP contribution in [0, 0.1) is 17.8 Å². The topological polar surface area (TPSA) is 88.2 Å². The second kappa shape index (κ2) is 10.4. The molecule has 2 rings (SSSR count). The number of piperazine rings is 1. The zero-order valence-electron chi connectivity index (χ0n) is 18.6. The number of carbonyl (C=O) groups is 3. The van der Waals surface area contributed by atoms with E-state index in [4.69, 9.17) is 9.57 Å². The zero-order valence-corrected chi connectivity index (χ0v) is 18.6. The number of amides is 2. The fraction of sp³-hybridized carbons (Fsp3) is 0.857. The van der Waals surface area contributed by atoms with Gasteiger partial charge in [-0.2, -0.15) is 5.48 Å². The molecular weight excluding hydrogens is 374 g/mol. The van der Waals surface area contributed by atoms with Gasteiger partial charge < -0.3 is 14.5 Å². The fourth-order valence-electron chi connectivity index (χ4n) is 3.71. The van der Waals surface area contributed by atoms with E-state index in [1.807, 2.05) is 41.5 Å². The van der Waals surface area contributed by atoms with E-state index in [0.29, 0.717) is 31.9 Å². The van der Waals surface area contributed by atoms with Crippen molar-refractivity contribution in [1.82, 2.24) is 15.3 Å². The lowest BCUT2D eigenvalue weighted by Gasteiger charge is -2.50. The minimum atomic E-state index is -0.578. The molecule has 0 unspecified atom stereocenters. The predicted octanol–water partition coefficient (Wildman–Crippen LogP) is 1.94. The Kier molecular flexibility index (Phi) is 8.46. The smallest absolute Gasteiger partial charge is 0.307 e. The van der Waals surface area contributed by atoms with Crippen LogP contribution in [0.1, 0.15) is 60.8 Å². The maximum Gasteiger partial charge on any atom is 0.307 e. The second-order valence-corrected chi connectivity index (χ2v) is 9.37. The summed E-state index contributed by atoms with van der Waals surface area (Å²) in [6.45, 7) is 13.1. The van der Waals surface area contributed by atoms with E-state index >= 15 is 0 Å². The van der Waals surface area contributed by atoms with E-state index in [0.717, 1.165) is 0 Å². The second-order valence-electron chi connectivity index (χ2n) is 9.37. The third kappa shape index (κ3) is 6.40. The first-order valence-electron chi connectivity index (χ1n) is 10.8. The van der Waals surface area contributed by atoms with E-state index in [1.54, 1.807) is 9.80 Å². The quantitative estimate of drug-likeness (QED) is 0.584. The van der Waals surface area contributed by atoms with Gasteiger partial charge in [-0.3, -0.25) is 19.2 Å². The maximum atomic E-state index is 13.2. The molecule has 2 amide bonds. The number of fused-ring (bicyclic) bond motifs is 1. The Morgan fingerprint density at radius 3 is 2.31 bits per heavy atom. The molecule has 8 heteroatoms. The standard InChI is InChI=1S/C21H37N3O5/c1-13(2)9-16-20(26)23(8-7-19(25)28-12-15(5)6)11-18-22-29-17(10-14(3)4)21(27)24(16)18/h13-18,22H,7-12H2,1-6H3/t16-,17+,18+/m0/s1. The Balaban J connectivity index is 2.08. The molecule has 2 fully saturated rings. The molecule has 0 aliphatic carbocycles. The summed E-state index contributed by atoms with van der Waals surface area (Å²) in [5.74, 6) is 0.284. The van der Waals surface area contributed by atoms with Crippen molar-refractivity contribution in [3.63, 3.8) is 0 Å². The molecule has 2 aliphatic rings. The number of hydrogen-bond acceptors (Lipinski definition) is 6. The first-order valence-corrected chi connectivity index (χ1v) is 10.8. The SMILES string of the molecule is CC(C)COC(=O)CCN1C[C@@H]2NO[C@H](CC(C)C)C(=O)N2[C@@H](CC(C)C)C1=O. The minimum absolute atomic E-state index is 0.105. The number of nitrogens with one attached hydrogen (secondary N) is 1. The van der Waals surface area contributed by atoms with Gasteiger partial charge in [-0.05, 0) is 30.6 Å². The molecule has 0 aromatic rings. The highest BCUT2D eigenvalue weighted by Crippen LogP contribution is 2.27. The van der Waals surface area contributed by atoms with Gasteiger partial charge >= 0.3 is 5.97 Å². The van der Waals surface area contributed by atoms with Crippen molar-refractivity contribution >= 4 is 17.8 Å². The van der Waals surface area contributed by atoms with Gasteiger partial charge in [-0.25, -0.2) is 0 Å². The molecule has 1 N–H and O–H groups in total. The van der Waals surface area contributed by atoms with Crippen LogP contribution in [0.3, 0.4) is 0 Å². The van der Waals surface area contributed by atoms with Gasteiger partial charge in [0, 0.05) is 6.54 Å². The van der Waals surface area contributed by atoms with Crippen molar-refractivity contribution in [2.75, 3.05) is 19.7 Å². The molecule has 8 nitrogen and oxygen atoms in total. The lowest BCUT2D eigenvalue weighted by molar-refractivity contribution is -0.199. The number of rotatable bonds is 9. The van der Waals surface area contributed by atoms with E-state index in [-0.39, 0.29) is 42.6 Å². The van der Waals surface area contributed by atoms with E-state index in [2.05, 4.69) is 5.48 Å². The Morgan fingerprint density at radius 2 is 1.72 bits per heavy atom. The Bertz CT molecular complexity index is 593. The van der Waals surface area contributed by atoms with Crippen LogP contribution in [0.4, 0.5) is 0 Å². The molecule has 166 valence electrons. The van der Waals surface area contributed by atoms with Crippen LogP contribution in [0.2, 0.25) is 0 Å². The predicted molar refractivity (Wildman–Crippen MR) is 108 cm³/mol. The summed E-state index contributed by atoms with van der Waals surface area (Å²) >= 11 is 0. The molecular formula is C21H37N3O5. The van der Waals surface area contributed by atoms with Gasteiger partial charge in [-0.15, -0.1) is 0 Å². The van der Waals surface area contributed by atoms with Gasteiger partial charge in [0.1, 0.15) is 12.2 Å². The molecule has 2 saturated heterocycles. The number of nitrogens with zero attached hydrogens (tertiary/aromatic N) is 2. The van der Waals surface area contributed by atoms with E-state index < -0.39 is 18.3 Å². The summed E-state index contributed by atoms with van der Waals surface area (Å²) in [5.41, 5.74) is 2.98. The Labute approximate surface area is 174 Å². The molecule has 0 saturated carbocycles. The summed E-state index contributed by atoms with van der Waals surface area (Å²) in [6.07, 6.45) is 0.337. The third-order valence-electron chi connectivity index (χ3n) is 5.08. The number of ether oxygens (including phenoxy) is 1. The monoisotopic (exact) mass is 411 g/mol. The van der Waals surface area contributed by atoms with E-state index in [1.165, 1.54) is 0 Å². The molecule has 0 radical (unpaired) electrons. The van der Waals surface area contributed by atoms with Crippen LogP contribution in [-0.2, 0) is 24.0 Å². The van der Waals surface area contributed by atoms with Crippen molar-refractivity contribution in [2.45, 2.75) is 79.1 Å². The first kappa shape index (κ1) is 23.6. The van der Waals surface area contributed by atoms with Crippen molar-refractivity contribution in [3.8, 4) is 0 Å². The molecule has 0 spiro atoms. The van der Waals surface area contributed by atoms with Crippen LogP contribution in [0.25, 0.3) is 0 Å². The zero-order chi connectivity index (χ0) is 21.7. The summed E-state index contributed by atoms with van der Waals surface area (Å²) < 4.78 is 5.21. The highest BCUT2D eigenvalue weighted by atomic mass is 16.7. The normalized spacial score (nSPS) is 25.2. The van der Waals surface area contributed by atoms with Crippen LogP contribution >= 0.6 is 0 Å². The lowest BCUT2D eigenvalue weighted by atomic mass is 9.95.